The minimum Gasteiger partial charge on any atom is -0.394 e. The van der Waals surface area contributed by atoms with Crippen molar-refractivity contribution in [2.45, 2.75) is 57.5 Å². The lowest BCUT2D eigenvalue weighted by Crippen LogP contribution is -2.47. The van der Waals surface area contributed by atoms with Crippen molar-refractivity contribution < 1.29 is 5.11 Å². The third kappa shape index (κ3) is 3.06. The molecule has 3 nitrogen and oxygen atoms in total. The quantitative estimate of drug-likeness (QED) is 0.786. The number of nitrogens with one attached hydrogen (secondary N) is 1. The van der Waals surface area contributed by atoms with E-state index in [-0.39, 0.29) is 12.1 Å². The first-order valence-corrected chi connectivity index (χ1v) is 7.41. The summed E-state index contributed by atoms with van der Waals surface area (Å²) < 4.78 is 0. The highest BCUT2D eigenvalue weighted by atomic mass is 32.1. The summed E-state index contributed by atoms with van der Waals surface area (Å²) in [6.07, 6.45) is 4.51. The molecule has 1 aromatic heterocycles. The van der Waals surface area contributed by atoms with Crippen molar-refractivity contribution in [3.63, 3.8) is 0 Å². The summed E-state index contributed by atoms with van der Waals surface area (Å²) in [5, 5.41) is 16.4. The Morgan fingerprint density at radius 2 is 2.18 bits per heavy atom. The lowest BCUT2D eigenvalue weighted by molar-refractivity contribution is 0.149. The molecule has 1 saturated carbocycles. The second kappa shape index (κ2) is 5.46. The molecule has 0 bridgehead atoms. The Labute approximate surface area is 107 Å². The van der Waals surface area contributed by atoms with Gasteiger partial charge in [-0.25, -0.2) is 4.98 Å². The van der Waals surface area contributed by atoms with Gasteiger partial charge in [0.1, 0.15) is 0 Å². The molecular weight excluding hydrogens is 232 g/mol. The molecule has 1 aliphatic carbocycles. The fourth-order valence-corrected chi connectivity index (χ4v) is 2.97. The average Bonchev–Trinajstić information content (AvgIpc) is 3.12. The van der Waals surface area contributed by atoms with Gasteiger partial charge in [0, 0.05) is 23.4 Å². The van der Waals surface area contributed by atoms with Gasteiger partial charge in [0.05, 0.1) is 17.3 Å². The van der Waals surface area contributed by atoms with Crippen LogP contribution < -0.4 is 5.32 Å². The predicted octanol–water partition coefficient (Wildman–Crippen LogP) is 2.66. The Hall–Kier alpha value is -0.450. The maximum Gasteiger partial charge on any atom is 0.0959 e. The van der Waals surface area contributed by atoms with Gasteiger partial charge in [0.25, 0.3) is 0 Å². The van der Waals surface area contributed by atoms with Gasteiger partial charge in [-0.3, -0.25) is 0 Å². The second-order valence-electron chi connectivity index (χ2n) is 4.95. The van der Waals surface area contributed by atoms with Crippen molar-refractivity contribution >= 4 is 11.3 Å². The van der Waals surface area contributed by atoms with Crippen LogP contribution in [0.25, 0.3) is 0 Å². The number of rotatable bonds is 7. The Kier molecular flexibility index (Phi) is 4.17. The molecule has 4 heteroatoms. The molecule has 2 N–H and O–H groups in total. The number of hydrogen-bond acceptors (Lipinski definition) is 4. The van der Waals surface area contributed by atoms with E-state index in [1.54, 1.807) is 11.3 Å². The first kappa shape index (κ1) is 13.0. The lowest BCUT2D eigenvalue weighted by Gasteiger charge is -2.30. The highest BCUT2D eigenvalue weighted by Crippen LogP contribution is 2.41. The zero-order valence-electron chi connectivity index (χ0n) is 10.7. The molecule has 1 aromatic rings. The number of aliphatic hydroxyl groups excluding tert-OH is 1. The summed E-state index contributed by atoms with van der Waals surface area (Å²) in [7, 11) is 0. The van der Waals surface area contributed by atoms with E-state index in [1.165, 1.54) is 17.8 Å². The zero-order valence-corrected chi connectivity index (χ0v) is 11.5. The van der Waals surface area contributed by atoms with E-state index in [9.17, 15) is 5.11 Å². The zero-order chi connectivity index (χ0) is 12.3. The molecule has 96 valence electrons. The number of nitrogens with zero attached hydrogens (tertiary/aromatic N) is 1. The summed E-state index contributed by atoms with van der Waals surface area (Å²) in [6.45, 7) is 5.19. The van der Waals surface area contributed by atoms with Gasteiger partial charge in [-0.15, -0.1) is 11.3 Å². The van der Waals surface area contributed by atoms with Crippen LogP contribution in [0, 0.1) is 0 Å². The smallest absolute Gasteiger partial charge is 0.0959 e. The van der Waals surface area contributed by atoms with Gasteiger partial charge >= 0.3 is 0 Å². The molecule has 0 atom stereocenters. The molecule has 1 aliphatic rings. The van der Waals surface area contributed by atoms with Crippen LogP contribution in [0.3, 0.4) is 0 Å². The third-order valence-corrected chi connectivity index (χ3v) is 4.85. The highest BCUT2D eigenvalue weighted by molar-refractivity contribution is 7.09. The molecule has 0 unspecified atom stereocenters. The molecule has 0 aromatic carbocycles. The average molecular weight is 254 g/mol. The van der Waals surface area contributed by atoms with Gasteiger partial charge in [-0.1, -0.05) is 13.8 Å². The minimum atomic E-state index is -0.136. The molecule has 2 rings (SSSR count). The topological polar surface area (TPSA) is 45.1 Å². The maximum absolute atomic E-state index is 9.48. The number of aliphatic hydroxyl groups is 1. The van der Waals surface area contributed by atoms with Gasteiger partial charge in [0.2, 0.25) is 0 Å². The van der Waals surface area contributed by atoms with Crippen LogP contribution >= 0.6 is 11.3 Å². The van der Waals surface area contributed by atoms with Crippen molar-refractivity contribution in [2.24, 2.45) is 0 Å². The Balaban J connectivity index is 1.91. The van der Waals surface area contributed by atoms with Gasteiger partial charge in [-0.2, -0.15) is 0 Å². The van der Waals surface area contributed by atoms with Crippen molar-refractivity contribution in [3.05, 3.63) is 16.1 Å². The molecule has 0 amide bonds. The van der Waals surface area contributed by atoms with Crippen molar-refractivity contribution in [1.82, 2.24) is 10.3 Å². The van der Waals surface area contributed by atoms with E-state index < -0.39 is 0 Å². The largest absolute Gasteiger partial charge is 0.394 e. The van der Waals surface area contributed by atoms with E-state index in [2.05, 4.69) is 29.5 Å². The molecule has 0 saturated heterocycles. The summed E-state index contributed by atoms with van der Waals surface area (Å²) in [5.74, 6) is 0.744. The normalized spacial score (nSPS) is 16.4. The summed E-state index contributed by atoms with van der Waals surface area (Å²) in [4.78, 5) is 4.65. The molecule has 1 heterocycles. The Morgan fingerprint density at radius 1 is 1.47 bits per heavy atom. The Morgan fingerprint density at radius 3 is 2.71 bits per heavy atom. The van der Waals surface area contributed by atoms with Crippen LogP contribution in [-0.4, -0.2) is 22.2 Å². The monoisotopic (exact) mass is 254 g/mol. The predicted molar refractivity (Wildman–Crippen MR) is 71.3 cm³/mol. The molecule has 17 heavy (non-hydrogen) atoms. The fourth-order valence-electron chi connectivity index (χ4n) is 1.98. The lowest BCUT2D eigenvalue weighted by atomic mass is 9.94. The maximum atomic E-state index is 9.48. The second-order valence-corrected chi connectivity index (χ2v) is 5.84. The van der Waals surface area contributed by atoms with Crippen LogP contribution in [0.1, 0.15) is 56.2 Å². The number of thiazole rings is 1. The molecule has 1 fully saturated rings. The molecular formula is C13H22N2OS. The Bertz CT molecular complexity index is 348. The first-order chi connectivity index (χ1) is 8.23. The number of hydrogen-bond donors (Lipinski definition) is 2. The van der Waals surface area contributed by atoms with Crippen molar-refractivity contribution in [2.75, 3.05) is 6.61 Å². The van der Waals surface area contributed by atoms with Crippen LogP contribution in [-0.2, 0) is 6.54 Å². The standard InChI is InChI=1S/C13H22N2OS/c1-3-13(4-2,9-16)14-7-11-8-17-12(15-11)10-5-6-10/h8,10,14,16H,3-7,9H2,1-2H3. The van der Waals surface area contributed by atoms with E-state index in [1.807, 2.05) is 0 Å². The third-order valence-electron chi connectivity index (χ3n) is 3.80. The van der Waals surface area contributed by atoms with Crippen LogP contribution in [0.2, 0.25) is 0 Å². The van der Waals surface area contributed by atoms with Crippen LogP contribution in [0.15, 0.2) is 5.38 Å². The van der Waals surface area contributed by atoms with Crippen molar-refractivity contribution in [1.29, 1.82) is 0 Å². The fraction of sp³-hybridized carbons (Fsp3) is 0.769. The van der Waals surface area contributed by atoms with Gasteiger partial charge in [-0.05, 0) is 25.7 Å². The molecule has 0 aliphatic heterocycles. The van der Waals surface area contributed by atoms with E-state index >= 15 is 0 Å². The first-order valence-electron chi connectivity index (χ1n) is 6.53. The van der Waals surface area contributed by atoms with Gasteiger partial charge < -0.3 is 10.4 Å². The summed E-state index contributed by atoms with van der Waals surface area (Å²) in [5.41, 5.74) is 0.986. The van der Waals surface area contributed by atoms with E-state index in [4.69, 9.17) is 0 Å². The summed E-state index contributed by atoms with van der Waals surface area (Å²) >= 11 is 1.78. The summed E-state index contributed by atoms with van der Waals surface area (Å²) in [6, 6.07) is 0. The van der Waals surface area contributed by atoms with Crippen LogP contribution in [0.4, 0.5) is 0 Å². The van der Waals surface area contributed by atoms with Crippen molar-refractivity contribution in [3.8, 4) is 0 Å². The highest BCUT2D eigenvalue weighted by Gasteiger charge is 2.27. The molecule has 0 spiro atoms. The van der Waals surface area contributed by atoms with E-state index in [0.29, 0.717) is 0 Å². The SMILES string of the molecule is CCC(CC)(CO)NCc1csc(C2CC2)n1. The number of aromatic nitrogens is 1. The molecule has 0 radical (unpaired) electrons. The van der Waals surface area contributed by atoms with Gasteiger partial charge in [0.15, 0.2) is 0 Å². The minimum absolute atomic E-state index is 0.136. The van der Waals surface area contributed by atoms with E-state index in [0.717, 1.165) is 31.0 Å². The van der Waals surface area contributed by atoms with Crippen LogP contribution in [0.5, 0.6) is 0 Å².